The summed E-state index contributed by atoms with van der Waals surface area (Å²) in [5.41, 5.74) is 7.18. The normalized spacial score (nSPS) is 26.4. The van der Waals surface area contributed by atoms with Crippen LogP contribution in [0.2, 0.25) is 10.0 Å². The lowest BCUT2D eigenvalue weighted by molar-refractivity contribution is 0.0798. The summed E-state index contributed by atoms with van der Waals surface area (Å²) in [6.07, 6.45) is 2.54. The van der Waals surface area contributed by atoms with Gasteiger partial charge < -0.3 is 5.73 Å². The Hall–Kier alpha value is -0.280. The van der Waals surface area contributed by atoms with Gasteiger partial charge in [0.2, 0.25) is 0 Å². The Balaban J connectivity index is 2.25. The van der Waals surface area contributed by atoms with Crippen LogP contribution in [0.25, 0.3) is 0 Å². The molecule has 0 bridgehead atoms. The molecule has 2 rings (SSSR count). The van der Waals surface area contributed by atoms with Gasteiger partial charge in [-0.2, -0.15) is 0 Å². The van der Waals surface area contributed by atoms with Crippen molar-refractivity contribution in [3.8, 4) is 0 Å². The lowest BCUT2D eigenvalue weighted by Crippen LogP contribution is -2.45. The van der Waals surface area contributed by atoms with Gasteiger partial charge in [-0.15, -0.1) is 0 Å². The first kappa shape index (κ1) is 15.1. The average Bonchev–Trinajstić information content (AvgIpc) is 2.38. The van der Waals surface area contributed by atoms with E-state index >= 15 is 0 Å². The summed E-state index contributed by atoms with van der Waals surface area (Å²) in [6, 6.07) is 6.65. The summed E-state index contributed by atoms with van der Waals surface area (Å²) in [5.74, 6) is 0.730. The molecule has 1 aliphatic rings. The third-order valence-corrected chi connectivity index (χ3v) is 4.86. The second-order valence-corrected chi connectivity index (χ2v) is 6.47. The van der Waals surface area contributed by atoms with Gasteiger partial charge in [-0.1, -0.05) is 36.2 Å². The highest BCUT2D eigenvalue weighted by atomic mass is 35.5. The topological polar surface area (TPSA) is 29.3 Å². The number of piperidine rings is 1. The van der Waals surface area contributed by atoms with E-state index in [2.05, 4.69) is 18.7 Å². The van der Waals surface area contributed by atoms with Crippen LogP contribution in [0.15, 0.2) is 18.2 Å². The quantitative estimate of drug-likeness (QED) is 0.910. The van der Waals surface area contributed by atoms with Crippen LogP contribution < -0.4 is 5.73 Å². The molecular formula is C15H22Cl2N2. The van der Waals surface area contributed by atoms with Gasteiger partial charge in [0, 0.05) is 25.2 Å². The van der Waals surface area contributed by atoms with E-state index < -0.39 is 0 Å². The number of halogens is 2. The molecule has 19 heavy (non-hydrogen) atoms. The number of benzene rings is 1. The number of hydrogen-bond donors (Lipinski definition) is 1. The van der Waals surface area contributed by atoms with Crippen LogP contribution in [0.1, 0.15) is 38.3 Å². The van der Waals surface area contributed by atoms with E-state index in [-0.39, 0.29) is 6.04 Å². The first-order valence-electron chi connectivity index (χ1n) is 6.93. The second kappa shape index (κ2) is 6.45. The maximum absolute atomic E-state index is 6.13. The summed E-state index contributed by atoms with van der Waals surface area (Å²) in [4.78, 5) is 2.51. The SMILES string of the molecule is CC1CCC(C)N(C(CN)c2ccc(Cl)c(Cl)c2)C1. The largest absolute Gasteiger partial charge is 0.329 e. The number of likely N-dealkylation sites (tertiary alicyclic amines) is 1. The highest BCUT2D eigenvalue weighted by Crippen LogP contribution is 2.32. The smallest absolute Gasteiger partial charge is 0.0595 e. The van der Waals surface area contributed by atoms with Crippen molar-refractivity contribution in [1.29, 1.82) is 0 Å². The number of nitrogens with zero attached hydrogens (tertiary/aromatic N) is 1. The Bertz CT molecular complexity index is 436. The summed E-state index contributed by atoms with van der Waals surface area (Å²) in [5, 5.41) is 1.21. The van der Waals surface area contributed by atoms with Gasteiger partial charge in [0.1, 0.15) is 0 Å². The predicted molar refractivity (Wildman–Crippen MR) is 82.8 cm³/mol. The molecule has 106 valence electrons. The maximum Gasteiger partial charge on any atom is 0.0595 e. The number of rotatable bonds is 3. The van der Waals surface area contributed by atoms with Crippen molar-refractivity contribution in [3.63, 3.8) is 0 Å². The van der Waals surface area contributed by atoms with Crippen molar-refractivity contribution in [1.82, 2.24) is 4.90 Å². The maximum atomic E-state index is 6.13. The zero-order valence-corrected chi connectivity index (χ0v) is 13.1. The van der Waals surface area contributed by atoms with Gasteiger partial charge in [-0.25, -0.2) is 0 Å². The second-order valence-electron chi connectivity index (χ2n) is 5.65. The fraction of sp³-hybridized carbons (Fsp3) is 0.600. The molecule has 0 aliphatic carbocycles. The number of hydrogen-bond acceptors (Lipinski definition) is 2. The van der Waals surface area contributed by atoms with Crippen LogP contribution in [0.5, 0.6) is 0 Å². The minimum absolute atomic E-state index is 0.229. The molecule has 2 nitrogen and oxygen atoms in total. The van der Waals surface area contributed by atoms with E-state index in [1.807, 2.05) is 18.2 Å². The third-order valence-electron chi connectivity index (χ3n) is 4.12. The van der Waals surface area contributed by atoms with E-state index in [0.29, 0.717) is 22.6 Å². The zero-order valence-electron chi connectivity index (χ0n) is 11.6. The molecule has 0 aromatic heterocycles. The van der Waals surface area contributed by atoms with E-state index in [1.165, 1.54) is 12.8 Å². The molecule has 3 atom stereocenters. The Kier molecular flexibility index (Phi) is 5.13. The van der Waals surface area contributed by atoms with Gasteiger partial charge in [-0.05, 0) is 43.4 Å². The predicted octanol–water partition coefficient (Wildman–Crippen LogP) is 4.11. The molecule has 1 aromatic carbocycles. The third kappa shape index (κ3) is 3.43. The van der Waals surface area contributed by atoms with Gasteiger partial charge >= 0.3 is 0 Å². The highest BCUT2D eigenvalue weighted by Gasteiger charge is 2.29. The molecule has 0 amide bonds. The molecule has 0 spiro atoms. The summed E-state index contributed by atoms with van der Waals surface area (Å²) in [7, 11) is 0. The fourth-order valence-corrected chi connectivity index (χ4v) is 3.25. The van der Waals surface area contributed by atoms with E-state index in [4.69, 9.17) is 28.9 Å². The minimum atomic E-state index is 0.229. The lowest BCUT2D eigenvalue weighted by Gasteiger charge is -2.42. The fourth-order valence-electron chi connectivity index (χ4n) is 2.94. The van der Waals surface area contributed by atoms with Crippen molar-refractivity contribution >= 4 is 23.2 Å². The zero-order chi connectivity index (χ0) is 14.0. The number of nitrogens with two attached hydrogens (primary N) is 1. The molecule has 1 aliphatic heterocycles. The molecule has 4 heteroatoms. The minimum Gasteiger partial charge on any atom is -0.329 e. The molecule has 0 radical (unpaired) electrons. The summed E-state index contributed by atoms with van der Waals surface area (Å²) >= 11 is 12.1. The summed E-state index contributed by atoms with van der Waals surface area (Å²) < 4.78 is 0. The van der Waals surface area contributed by atoms with Crippen molar-refractivity contribution in [2.75, 3.05) is 13.1 Å². The van der Waals surface area contributed by atoms with Crippen LogP contribution >= 0.6 is 23.2 Å². The Morgan fingerprint density at radius 2 is 2.00 bits per heavy atom. The first-order chi connectivity index (χ1) is 9.02. The highest BCUT2D eigenvalue weighted by molar-refractivity contribution is 6.42. The van der Waals surface area contributed by atoms with Gasteiger partial charge in [0.25, 0.3) is 0 Å². The molecule has 3 unspecified atom stereocenters. The van der Waals surface area contributed by atoms with Crippen molar-refractivity contribution in [3.05, 3.63) is 33.8 Å². The van der Waals surface area contributed by atoms with Gasteiger partial charge in [0.15, 0.2) is 0 Å². The van der Waals surface area contributed by atoms with Gasteiger partial charge in [0.05, 0.1) is 10.0 Å². The van der Waals surface area contributed by atoms with E-state index in [9.17, 15) is 0 Å². The molecule has 2 N–H and O–H groups in total. The Morgan fingerprint density at radius 1 is 1.26 bits per heavy atom. The molecular weight excluding hydrogens is 279 g/mol. The standard InChI is InChI=1S/C15H22Cl2N2/c1-10-3-4-11(2)19(9-10)15(8-18)12-5-6-13(16)14(17)7-12/h5-7,10-11,15H,3-4,8-9,18H2,1-2H3. The average molecular weight is 301 g/mol. The monoisotopic (exact) mass is 300 g/mol. The lowest BCUT2D eigenvalue weighted by atomic mass is 9.91. The molecule has 1 heterocycles. The van der Waals surface area contributed by atoms with Crippen molar-refractivity contribution < 1.29 is 0 Å². The van der Waals surface area contributed by atoms with Gasteiger partial charge in [-0.3, -0.25) is 4.90 Å². The van der Waals surface area contributed by atoms with Crippen molar-refractivity contribution in [2.45, 2.75) is 38.8 Å². The molecule has 1 aromatic rings. The van der Waals surface area contributed by atoms with Crippen LogP contribution in [0, 0.1) is 5.92 Å². The Labute approximate surface area is 125 Å². The first-order valence-corrected chi connectivity index (χ1v) is 7.69. The van der Waals surface area contributed by atoms with Crippen LogP contribution in [-0.2, 0) is 0 Å². The van der Waals surface area contributed by atoms with E-state index in [1.54, 1.807) is 0 Å². The molecule has 1 fully saturated rings. The van der Waals surface area contributed by atoms with E-state index in [0.717, 1.165) is 18.0 Å². The molecule has 0 saturated carbocycles. The summed E-state index contributed by atoms with van der Waals surface area (Å²) in [6.45, 7) is 6.30. The van der Waals surface area contributed by atoms with Crippen LogP contribution in [-0.4, -0.2) is 24.0 Å². The van der Waals surface area contributed by atoms with Crippen LogP contribution in [0.3, 0.4) is 0 Å². The Morgan fingerprint density at radius 3 is 2.63 bits per heavy atom. The molecule has 1 saturated heterocycles. The van der Waals surface area contributed by atoms with Crippen LogP contribution in [0.4, 0.5) is 0 Å². The van der Waals surface area contributed by atoms with Crippen molar-refractivity contribution in [2.24, 2.45) is 11.7 Å².